The molecule has 1 unspecified atom stereocenters. The van der Waals surface area contributed by atoms with Crippen molar-refractivity contribution in [1.29, 1.82) is 0 Å². The van der Waals surface area contributed by atoms with Crippen LogP contribution in [0.5, 0.6) is 5.75 Å². The first-order chi connectivity index (χ1) is 12.2. The van der Waals surface area contributed by atoms with Crippen LogP contribution in [0.1, 0.15) is 24.4 Å². The fourth-order valence-corrected chi connectivity index (χ4v) is 3.25. The molecule has 1 aliphatic rings. The van der Waals surface area contributed by atoms with Crippen LogP contribution in [0.4, 0.5) is 11.4 Å². The third-order valence-electron chi connectivity index (χ3n) is 4.66. The van der Waals surface area contributed by atoms with Crippen molar-refractivity contribution in [2.24, 2.45) is 0 Å². The molecule has 132 valence electrons. The third kappa shape index (κ3) is 4.28. The maximum Gasteiger partial charge on any atom is 0.269 e. The molecule has 1 aliphatic heterocycles. The molecule has 0 saturated carbocycles. The molecule has 0 radical (unpaired) electrons. The van der Waals surface area contributed by atoms with Crippen molar-refractivity contribution in [3.05, 3.63) is 64.2 Å². The van der Waals surface area contributed by atoms with E-state index in [0.29, 0.717) is 0 Å². The highest BCUT2D eigenvalue weighted by molar-refractivity contribution is 5.48. The van der Waals surface area contributed by atoms with Crippen LogP contribution in [0.15, 0.2) is 48.5 Å². The number of nitro benzene ring substituents is 1. The topological polar surface area (TPSA) is 67.6 Å². The lowest BCUT2D eigenvalue weighted by atomic mass is 10.0. The summed E-state index contributed by atoms with van der Waals surface area (Å²) in [6, 6.07) is 15.0. The second kappa shape index (κ2) is 7.98. The van der Waals surface area contributed by atoms with E-state index in [9.17, 15) is 10.1 Å². The van der Waals surface area contributed by atoms with Gasteiger partial charge in [-0.2, -0.15) is 0 Å². The molecular weight excluding hydrogens is 318 g/mol. The predicted molar refractivity (Wildman–Crippen MR) is 98.1 cm³/mol. The monoisotopic (exact) mass is 341 g/mol. The van der Waals surface area contributed by atoms with Crippen LogP contribution in [-0.4, -0.2) is 36.6 Å². The minimum atomic E-state index is -0.381. The minimum absolute atomic E-state index is 0.108. The SMILES string of the molecule is COc1ccc(C(CNc2ccc([N+](=O)[O-])cc2)N2CCCC2)cc1. The van der Waals surface area contributed by atoms with E-state index in [2.05, 4.69) is 22.3 Å². The molecule has 1 saturated heterocycles. The van der Waals surface area contributed by atoms with Gasteiger partial charge in [0.15, 0.2) is 0 Å². The van der Waals surface area contributed by atoms with E-state index in [4.69, 9.17) is 4.74 Å². The summed E-state index contributed by atoms with van der Waals surface area (Å²) >= 11 is 0. The fraction of sp³-hybridized carbons (Fsp3) is 0.368. The Morgan fingerprint density at radius 2 is 1.76 bits per heavy atom. The van der Waals surface area contributed by atoms with Crippen molar-refractivity contribution in [1.82, 2.24) is 4.90 Å². The van der Waals surface area contributed by atoms with E-state index in [1.165, 1.54) is 30.5 Å². The molecule has 0 amide bonds. The van der Waals surface area contributed by atoms with E-state index in [1.807, 2.05) is 12.1 Å². The normalized spacial score (nSPS) is 15.7. The summed E-state index contributed by atoms with van der Waals surface area (Å²) in [5, 5.41) is 14.2. The molecule has 0 aliphatic carbocycles. The maximum absolute atomic E-state index is 10.8. The van der Waals surface area contributed by atoms with Crippen LogP contribution in [0.3, 0.4) is 0 Å². The van der Waals surface area contributed by atoms with Crippen molar-refractivity contribution in [3.8, 4) is 5.75 Å². The second-order valence-corrected chi connectivity index (χ2v) is 6.22. The number of hydrogen-bond donors (Lipinski definition) is 1. The van der Waals surface area contributed by atoms with Gasteiger partial charge in [0.25, 0.3) is 5.69 Å². The first kappa shape index (κ1) is 17.2. The van der Waals surface area contributed by atoms with Crippen LogP contribution in [0.2, 0.25) is 0 Å². The Morgan fingerprint density at radius 1 is 1.12 bits per heavy atom. The first-order valence-electron chi connectivity index (χ1n) is 8.53. The highest BCUT2D eigenvalue weighted by Crippen LogP contribution is 2.27. The molecule has 25 heavy (non-hydrogen) atoms. The largest absolute Gasteiger partial charge is 0.497 e. The molecule has 2 aromatic carbocycles. The van der Waals surface area contributed by atoms with Crippen molar-refractivity contribution < 1.29 is 9.66 Å². The number of nitrogens with one attached hydrogen (secondary N) is 1. The standard InChI is InChI=1S/C19H23N3O3/c1-25-18-10-4-15(5-11-18)19(21-12-2-3-13-21)14-20-16-6-8-17(9-7-16)22(23)24/h4-11,19-20H,2-3,12-14H2,1H3. The van der Waals surface area contributed by atoms with Gasteiger partial charge in [0, 0.05) is 24.4 Å². The van der Waals surface area contributed by atoms with Gasteiger partial charge in [-0.1, -0.05) is 12.1 Å². The molecule has 3 rings (SSSR count). The van der Waals surface area contributed by atoms with E-state index < -0.39 is 0 Å². The summed E-state index contributed by atoms with van der Waals surface area (Å²) in [6.07, 6.45) is 2.45. The zero-order valence-electron chi connectivity index (χ0n) is 14.4. The van der Waals surface area contributed by atoms with Crippen molar-refractivity contribution >= 4 is 11.4 Å². The van der Waals surface area contributed by atoms with Crippen LogP contribution >= 0.6 is 0 Å². The summed E-state index contributed by atoms with van der Waals surface area (Å²) in [7, 11) is 1.67. The smallest absolute Gasteiger partial charge is 0.269 e. The average molecular weight is 341 g/mol. The number of likely N-dealkylation sites (tertiary alicyclic amines) is 1. The molecule has 2 aromatic rings. The van der Waals surface area contributed by atoms with Crippen molar-refractivity contribution in [2.75, 3.05) is 32.1 Å². The van der Waals surface area contributed by atoms with Gasteiger partial charge in [0.05, 0.1) is 18.1 Å². The third-order valence-corrected chi connectivity index (χ3v) is 4.66. The number of benzene rings is 2. The quantitative estimate of drug-likeness (QED) is 0.612. The van der Waals surface area contributed by atoms with Gasteiger partial charge in [-0.05, 0) is 55.8 Å². The van der Waals surface area contributed by atoms with Gasteiger partial charge >= 0.3 is 0 Å². The Kier molecular flexibility index (Phi) is 5.50. The summed E-state index contributed by atoms with van der Waals surface area (Å²) in [4.78, 5) is 12.9. The van der Waals surface area contributed by atoms with Gasteiger partial charge in [-0.15, -0.1) is 0 Å². The number of nitro groups is 1. The number of ether oxygens (including phenoxy) is 1. The summed E-state index contributed by atoms with van der Waals surface area (Å²) in [5.41, 5.74) is 2.25. The van der Waals surface area contributed by atoms with E-state index in [0.717, 1.165) is 31.1 Å². The number of hydrogen-bond acceptors (Lipinski definition) is 5. The van der Waals surface area contributed by atoms with E-state index in [1.54, 1.807) is 19.2 Å². The molecule has 1 atom stereocenters. The molecule has 0 bridgehead atoms. The number of rotatable bonds is 7. The number of anilines is 1. The molecular formula is C19H23N3O3. The highest BCUT2D eigenvalue weighted by atomic mass is 16.6. The van der Waals surface area contributed by atoms with Gasteiger partial charge in [-0.25, -0.2) is 0 Å². The lowest BCUT2D eigenvalue weighted by Crippen LogP contribution is -2.31. The second-order valence-electron chi connectivity index (χ2n) is 6.22. The lowest BCUT2D eigenvalue weighted by molar-refractivity contribution is -0.384. The van der Waals surface area contributed by atoms with Gasteiger partial charge in [0.1, 0.15) is 5.75 Å². The van der Waals surface area contributed by atoms with Crippen molar-refractivity contribution in [2.45, 2.75) is 18.9 Å². The Labute approximate surface area is 147 Å². The van der Waals surface area contributed by atoms with Crippen LogP contribution in [-0.2, 0) is 0 Å². The van der Waals surface area contributed by atoms with Gasteiger partial charge in [0.2, 0.25) is 0 Å². The molecule has 1 heterocycles. The van der Waals surface area contributed by atoms with Crippen LogP contribution in [0.25, 0.3) is 0 Å². The van der Waals surface area contributed by atoms with Gasteiger partial charge < -0.3 is 10.1 Å². The number of methoxy groups -OCH3 is 1. The Hall–Kier alpha value is -2.60. The van der Waals surface area contributed by atoms with E-state index in [-0.39, 0.29) is 16.7 Å². The highest BCUT2D eigenvalue weighted by Gasteiger charge is 2.23. The van der Waals surface area contributed by atoms with Gasteiger partial charge in [-0.3, -0.25) is 15.0 Å². The maximum atomic E-state index is 10.8. The Morgan fingerprint density at radius 3 is 2.32 bits per heavy atom. The Balaban J connectivity index is 1.71. The first-order valence-corrected chi connectivity index (χ1v) is 8.53. The average Bonchev–Trinajstić information content (AvgIpc) is 3.17. The lowest BCUT2D eigenvalue weighted by Gasteiger charge is -2.28. The molecule has 1 fully saturated rings. The summed E-state index contributed by atoms with van der Waals surface area (Å²) in [5.74, 6) is 0.854. The minimum Gasteiger partial charge on any atom is -0.497 e. The fourth-order valence-electron chi connectivity index (χ4n) is 3.25. The molecule has 6 heteroatoms. The van der Waals surface area contributed by atoms with E-state index >= 15 is 0 Å². The van der Waals surface area contributed by atoms with Crippen LogP contribution < -0.4 is 10.1 Å². The zero-order valence-corrected chi connectivity index (χ0v) is 14.4. The Bertz CT molecular complexity index is 695. The molecule has 0 aromatic heterocycles. The zero-order chi connectivity index (χ0) is 17.6. The predicted octanol–water partition coefficient (Wildman–Crippen LogP) is 3.85. The molecule has 0 spiro atoms. The summed E-state index contributed by atoms with van der Waals surface area (Å²) in [6.45, 7) is 2.95. The summed E-state index contributed by atoms with van der Waals surface area (Å²) < 4.78 is 5.25. The number of non-ortho nitro benzene ring substituents is 1. The molecule has 1 N–H and O–H groups in total. The number of nitrogens with zero attached hydrogens (tertiary/aromatic N) is 2. The molecule has 6 nitrogen and oxygen atoms in total. The van der Waals surface area contributed by atoms with Crippen LogP contribution in [0, 0.1) is 10.1 Å². The van der Waals surface area contributed by atoms with Crippen molar-refractivity contribution in [3.63, 3.8) is 0 Å².